The molecule has 0 bridgehead atoms. The molecule has 1 fully saturated rings. The Morgan fingerprint density at radius 2 is 1.68 bits per heavy atom. The van der Waals surface area contributed by atoms with E-state index in [0.717, 1.165) is 25.2 Å². The second-order valence-corrected chi connectivity index (χ2v) is 6.63. The highest BCUT2D eigenvalue weighted by molar-refractivity contribution is 5.29. The third-order valence-electron chi connectivity index (χ3n) is 4.55. The van der Waals surface area contributed by atoms with Gasteiger partial charge in [-0.3, -0.25) is 0 Å². The van der Waals surface area contributed by atoms with E-state index >= 15 is 0 Å². The zero-order valence-electron chi connectivity index (χ0n) is 12.7. The van der Waals surface area contributed by atoms with Crippen molar-refractivity contribution in [2.45, 2.75) is 71.3 Å². The molecule has 106 valence electrons. The van der Waals surface area contributed by atoms with Gasteiger partial charge in [-0.15, -0.1) is 0 Å². The van der Waals surface area contributed by atoms with Crippen molar-refractivity contribution in [1.29, 1.82) is 0 Å². The molecule has 0 unspecified atom stereocenters. The maximum Gasteiger partial charge on any atom is 0.0688 e. The Morgan fingerprint density at radius 3 is 2.21 bits per heavy atom. The van der Waals surface area contributed by atoms with E-state index in [9.17, 15) is 5.11 Å². The van der Waals surface area contributed by atoms with E-state index in [2.05, 4.69) is 39.0 Å². The Labute approximate surface area is 118 Å². The molecule has 1 nitrogen and oxygen atoms in total. The van der Waals surface area contributed by atoms with Gasteiger partial charge in [0, 0.05) is 6.42 Å². The number of hydrogen-bond acceptors (Lipinski definition) is 1. The van der Waals surface area contributed by atoms with Gasteiger partial charge in [-0.25, -0.2) is 0 Å². The van der Waals surface area contributed by atoms with Gasteiger partial charge in [-0.1, -0.05) is 49.1 Å². The Hall–Kier alpha value is -0.820. The van der Waals surface area contributed by atoms with E-state index in [4.69, 9.17) is 0 Å². The van der Waals surface area contributed by atoms with E-state index in [-0.39, 0.29) is 0 Å². The Bertz CT molecular complexity index is 393. The number of rotatable bonds is 4. The molecule has 0 radical (unpaired) electrons. The normalized spacial score (nSPS) is 27.5. The minimum atomic E-state index is -0.454. The molecular weight excluding hydrogens is 232 g/mol. The number of aliphatic hydroxyl groups is 1. The fourth-order valence-corrected chi connectivity index (χ4v) is 3.64. The molecule has 0 atom stereocenters. The maximum atomic E-state index is 10.8. The van der Waals surface area contributed by atoms with E-state index in [1.54, 1.807) is 0 Å². The molecule has 1 aromatic rings. The largest absolute Gasteiger partial charge is 0.390 e. The smallest absolute Gasteiger partial charge is 0.0688 e. The number of benzene rings is 1. The predicted molar refractivity (Wildman–Crippen MR) is 81.4 cm³/mol. The van der Waals surface area contributed by atoms with Crippen LogP contribution in [0, 0.1) is 19.8 Å². The monoisotopic (exact) mass is 260 g/mol. The van der Waals surface area contributed by atoms with Crippen molar-refractivity contribution < 1.29 is 5.11 Å². The maximum absolute atomic E-state index is 10.8. The molecule has 2 rings (SSSR count). The summed E-state index contributed by atoms with van der Waals surface area (Å²) >= 11 is 0. The summed E-state index contributed by atoms with van der Waals surface area (Å²) < 4.78 is 0. The van der Waals surface area contributed by atoms with Gasteiger partial charge in [-0.05, 0) is 51.0 Å². The van der Waals surface area contributed by atoms with Crippen LogP contribution in [0.25, 0.3) is 0 Å². The molecule has 0 saturated heterocycles. The van der Waals surface area contributed by atoms with Crippen molar-refractivity contribution in [1.82, 2.24) is 0 Å². The standard InChI is InChI=1S/C18H28O/c1-4-5-16-6-8-18(19,9-7-16)13-17-11-14(2)10-15(3)12-17/h10-12,16,19H,4-9,13H2,1-3H3. The summed E-state index contributed by atoms with van der Waals surface area (Å²) in [4.78, 5) is 0. The molecule has 1 aromatic carbocycles. The third kappa shape index (κ3) is 4.07. The van der Waals surface area contributed by atoms with E-state index in [0.29, 0.717) is 0 Å². The highest BCUT2D eigenvalue weighted by atomic mass is 16.3. The van der Waals surface area contributed by atoms with Gasteiger partial charge in [0.2, 0.25) is 0 Å². The second-order valence-electron chi connectivity index (χ2n) is 6.63. The van der Waals surface area contributed by atoms with Crippen molar-refractivity contribution in [3.8, 4) is 0 Å². The lowest BCUT2D eigenvalue weighted by atomic mass is 9.74. The van der Waals surface area contributed by atoms with Crippen LogP contribution < -0.4 is 0 Å². The zero-order chi connectivity index (χ0) is 13.9. The fourth-order valence-electron chi connectivity index (χ4n) is 3.64. The average Bonchev–Trinajstić information content (AvgIpc) is 2.31. The van der Waals surface area contributed by atoms with Crippen LogP contribution in [0.5, 0.6) is 0 Å². The summed E-state index contributed by atoms with van der Waals surface area (Å²) in [5, 5.41) is 10.8. The van der Waals surface area contributed by atoms with Crippen LogP contribution in [0.4, 0.5) is 0 Å². The summed E-state index contributed by atoms with van der Waals surface area (Å²) in [5.41, 5.74) is 3.45. The van der Waals surface area contributed by atoms with Gasteiger partial charge in [0.05, 0.1) is 5.60 Å². The van der Waals surface area contributed by atoms with Gasteiger partial charge in [0.25, 0.3) is 0 Å². The summed E-state index contributed by atoms with van der Waals surface area (Å²) in [6.07, 6.45) is 7.80. The lowest BCUT2D eigenvalue weighted by Crippen LogP contribution is -2.36. The van der Waals surface area contributed by atoms with Gasteiger partial charge in [0.15, 0.2) is 0 Å². The topological polar surface area (TPSA) is 20.2 Å². The van der Waals surface area contributed by atoms with E-state index < -0.39 is 5.60 Å². The first kappa shape index (κ1) is 14.6. The SMILES string of the molecule is CCCC1CCC(O)(Cc2cc(C)cc(C)c2)CC1. The van der Waals surface area contributed by atoms with E-state index in [1.165, 1.54) is 42.4 Å². The molecule has 0 heterocycles. The average molecular weight is 260 g/mol. The van der Waals surface area contributed by atoms with Crippen LogP contribution in [0.3, 0.4) is 0 Å². The molecule has 0 aromatic heterocycles. The molecule has 1 aliphatic rings. The van der Waals surface area contributed by atoms with Gasteiger partial charge in [-0.2, -0.15) is 0 Å². The van der Waals surface area contributed by atoms with Gasteiger partial charge in [0.1, 0.15) is 0 Å². The first-order valence-corrected chi connectivity index (χ1v) is 7.80. The van der Waals surface area contributed by atoms with Crippen LogP contribution >= 0.6 is 0 Å². The lowest BCUT2D eigenvalue weighted by molar-refractivity contribution is -0.00988. The zero-order valence-corrected chi connectivity index (χ0v) is 12.7. The van der Waals surface area contributed by atoms with Crippen LogP contribution in [0.15, 0.2) is 18.2 Å². The van der Waals surface area contributed by atoms with Crippen LogP contribution in [-0.4, -0.2) is 10.7 Å². The summed E-state index contributed by atoms with van der Waals surface area (Å²) in [6.45, 7) is 6.54. The van der Waals surface area contributed by atoms with Crippen molar-refractivity contribution in [3.05, 3.63) is 34.9 Å². The Morgan fingerprint density at radius 1 is 1.11 bits per heavy atom. The minimum Gasteiger partial charge on any atom is -0.390 e. The summed E-state index contributed by atoms with van der Waals surface area (Å²) in [6, 6.07) is 6.65. The Balaban J connectivity index is 1.98. The minimum absolute atomic E-state index is 0.454. The highest BCUT2D eigenvalue weighted by Gasteiger charge is 2.32. The quantitative estimate of drug-likeness (QED) is 0.841. The summed E-state index contributed by atoms with van der Waals surface area (Å²) in [5.74, 6) is 0.851. The first-order valence-electron chi connectivity index (χ1n) is 7.80. The Kier molecular flexibility index (Phi) is 4.67. The molecule has 0 amide bonds. The van der Waals surface area contributed by atoms with Crippen LogP contribution in [0.1, 0.15) is 62.1 Å². The first-order chi connectivity index (χ1) is 9.00. The molecule has 1 saturated carbocycles. The third-order valence-corrected chi connectivity index (χ3v) is 4.55. The molecule has 1 N–H and O–H groups in total. The number of hydrogen-bond donors (Lipinski definition) is 1. The number of aryl methyl sites for hydroxylation is 2. The van der Waals surface area contributed by atoms with Crippen molar-refractivity contribution in [2.75, 3.05) is 0 Å². The second kappa shape index (κ2) is 6.09. The highest BCUT2D eigenvalue weighted by Crippen LogP contribution is 2.36. The van der Waals surface area contributed by atoms with Crippen molar-refractivity contribution >= 4 is 0 Å². The van der Waals surface area contributed by atoms with E-state index in [1.807, 2.05) is 0 Å². The molecule has 1 heteroatoms. The lowest BCUT2D eigenvalue weighted by Gasteiger charge is -2.36. The molecular formula is C18H28O. The molecule has 19 heavy (non-hydrogen) atoms. The van der Waals surface area contributed by atoms with Gasteiger partial charge < -0.3 is 5.11 Å². The van der Waals surface area contributed by atoms with Crippen molar-refractivity contribution in [3.63, 3.8) is 0 Å². The molecule has 1 aliphatic carbocycles. The van der Waals surface area contributed by atoms with Crippen LogP contribution in [-0.2, 0) is 6.42 Å². The van der Waals surface area contributed by atoms with Crippen molar-refractivity contribution in [2.24, 2.45) is 5.92 Å². The molecule has 0 spiro atoms. The van der Waals surface area contributed by atoms with Crippen LogP contribution in [0.2, 0.25) is 0 Å². The fraction of sp³-hybridized carbons (Fsp3) is 0.667. The summed E-state index contributed by atoms with van der Waals surface area (Å²) in [7, 11) is 0. The van der Waals surface area contributed by atoms with Gasteiger partial charge >= 0.3 is 0 Å². The predicted octanol–water partition coefficient (Wildman–Crippen LogP) is 4.57. The molecule has 0 aliphatic heterocycles.